The third-order valence-corrected chi connectivity index (χ3v) is 4.48. The van der Waals surface area contributed by atoms with Gasteiger partial charge in [0.05, 0.1) is 19.2 Å². The Morgan fingerprint density at radius 2 is 2.08 bits per heavy atom. The summed E-state index contributed by atoms with van der Waals surface area (Å²) >= 11 is 0. The summed E-state index contributed by atoms with van der Waals surface area (Å²) in [4.78, 5) is 14.1. The summed E-state index contributed by atoms with van der Waals surface area (Å²) in [5.74, 6) is -0.258. The van der Waals surface area contributed by atoms with Crippen molar-refractivity contribution in [1.82, 2.24) is 10.2 Å². The predicted molar refractivity (Wildman–Crippen MR) is 88.3 cm³/mol. The van der Waals surface area contributed by atoms with E-state index in [2.05, 4.69) is 5.32 Å². The van der Waals surface area contributed by atoms with Gasteiger partial charge in [0.2, 0.25) is 0 Å². The molecule has 1 spiro atoms. The zero-order valence-electron chi connectivity index (χ0n) is 14.5. The fraction of sp³-hybridized carbons (Fsp3) is 0.611. The maximum atomic E-state index is 13.2. The lowest BCUT2D eigenvalue weighted by molar-refractivity contribution is -0.0902. The quantitative estimate of drug-likeness (QED) is 0.857. The van der Waals surface area contributed by atoms with Gasteiger partial charge in [-0.1, -0.05) is 12.1 Å². The highest BCUT2D eigenvalue weighted by molar-refractivity contribution is 5.68. The van der Waals surface area contributed by atoms with Crippen LogP contribution < -0.4 is 5.32 Å². The summed E-state index contributed by atoms with van der Waals surface area (Å²) in [5, 5.41) is 3.47. The Morgan fingerprint density at radius 1 is 1.38 bits per heavy atom. The molecule has 2 atom stereocenters. The molecule has 2 heterocycles. The average molecular weight is 336 g/mol. The number of carbonyl (C=O) groups is 1. The number of carbonyl (C=O) groups excluding carboxylic acids is 1. The monoisotopic (exact) mass is 336 g/mol. The number of hydrogen-bond acceptors (Lipinski definition) is 4. The molecule has 2 aliphatic heterocycles. The molecule has 2 unspecified atom stereocenters. The maximum Gasteiger partial charge on any atom is 0.410 e. The molecule has 2 saturated heterocycles. The molecule has 1 aromatic carbocycles. The van der Waals surface area contributed by atoms with Crippen molar-refractivity contribution in [3.8, 4) is 0 Å². The van der Waals surface area contributed by atoms with E-state index >= 15 is 0 Å². The van der Waals surface area contributed by atoms with E-state index in [1.165, 1.54) is 12.1 Å². The van der Waals surface area contributed by atoms with Gasteiger partial charge in [-0.15, -0.1) is 0 Å². The maximum absolute atomic E-state index is 13.2. The van der Waals surface area contributed by atoms with Crippen LogP contribution in [0.4, 0.5) is 9.18 Å². The van der Waals surface area contributed by atoms with Crippen molar-refractivity contribution in [2.24, 2.45) is 0 Å². The van der Waals surface area contributed by atoms with Crippen LogP contribution in [0.25, 0.3) is 0 Å². The molecule has 1 N–H and O–H groups in total. The highest BCUT2D eigenvalue weighted by atomic mass is 19.1. The number of rotatable bonds is 1. The highest BCUT2D eigenvalue weighted by Gasteiger charge is 2.49. The second-order valence-electron chi connectivity index (χ2n) is 7.50. The Kier molecular flexibility index (Phi) is 4.53. The number of likely N-dealkylation sites (tertiary alicyclic amines) is 1. The third kappa shape index (κ3) is 3.54. The molecule has 3 rings (SSSR count). The molecule has 5 nitrogen and oxygen atoms in total. The Morgan fingerprint density at radius 3 is 2.75 bits per heavy atom. The van der Waals surface area contributed by atoms with Crippen molar-refractivity contribution in [3.63, 3.8) is 0 Å². The highest BCUT2D eigenvalue weighted by Crippen LogP contribution is 2.39. The molecule has 6 heteroatoms. The van der Waals surface area contributed by atoms with Gasteiger partial charge >= 0.3 is 6.09 Å². The summed E-state index contributed by atoms with van der Waals surface area (Å²) in [7, 11) is 0. The fourth-order valence-electron chi connectivity index (χ4n) is 3.44. The zero-order valence-corrected chi connectivity index (χ0v) is 14.5. The van der Waals surface area contributed by atoms with Gasteiger partial charge in [0.15, 0.2) is 0 Å². The number of benzene rings is 1. The Balaban J connectivity index is 1.78. The molecule has 132 valence electrons. The largest absolute Gasteiger partial charge is 0.444 e. The number of amides is 1. The van der Waals surface area contributed by atoms with Crippen molar-refractivity contribution in [1.29, 1.82) is 0 Å². The molecule has 1 aromatic rings. The van der Waals surface area contributed by atoms with Crippen LogP contribution in [0.3, 0.4) is 0 Å². The van der Waals surface area contributed by atoms with E-state index in [1.54, 1.807) is 17.0 Å². The smallest absolute Gasteiger partial charge is 0.410 e. The lowest BCUT2D eigenvalue weighted by Crippen LogP contribution is -2.54. The number of morpholine rings is 1. The van der Waals surface area contributed by atoms with E-state index in [1.807, 2.05) is 20.8 Å². The van der Waals surface area contributed by atoms with Gasteiger partial charge in [-0.2, -0.15) is 0 Å². The predicted octanol–water partition coefficient (Wildman–Crippen LogP) is 2.87. The first kappa shape index (κ1) is 17.2. The Bertz CT molecular complexity index is 599. The van der Waals surface area contributed by atoms with Crippen LogP contribution in [0.15, 0.2) is 24.3 Å². The first-order chi connectivity index (χ1) is 11.3. The molecule has 1 amide bonds. The van der Waals surface area contributed by atoms with Crippen LogP contribution in [0.5, 0.6) is 0 Å². The van der Waals surface area contributed by atoms with Crippen molar-refractivity contribution in [2.75, 3.05) is 26.2 Å². The van der Waals surface area contributed by atoms with Gasteiger partial charge in [0.1, 0.15) is 17.0 Å². The van der Waals surface area contributed by atoms with Crippen molar-refractivity contribution in [2.45, 2.75) is 44.4 Å². The standard InChI is InChI=1S/C18H25FN2O3/c1-17(2,3)24-16(22)21-10-8-18(12-21)15(20-9-11-23-18)13-4-6-14(19)7-5-13/h4-7,15,20H,8-12H2,1-3H3. The Hall–Kier alpha value is -1.66. The second-order valence-corrected chi connectivity index (χ2v) is 7.50. The van der Waals surface area contributed by atoms with E-state index in [0.29, 0.717) is 19.7 Å². The summed E-state index contributed by atoms with van der Waals surface area (Å²) < 4.78 is 24.8. The Labute approximate surface area is 142 Å². The SMILES string of the molecule is CC(C)(C)OC(=O)N1CCC2(C1)OCCNC2c1ccc(F)cc1. The molecule has 0 aromatic heterocycles. The van der Waals surface area contributed by atoms with Gasteiger partial charge < -0.3 is 19.7 Å². The zero-order chi connectivity index (χ0) is 17.4. The van der Waals surface area contributed by atoms with Gasteiger partial charge in [0.25, 0.3) is 0 Å². The van der Waals surface area contributed by atoms with E-state index in [4.69, 9.17) is 9.47 Å². The second kappa shape index (κ2) is 6.33. The summed E-state index contributed by atoms with van der Waals surface area (Å²) in [6.45, 7) is 7.96. The lowest BCUT2D eigenvalue weighted by Gasteiger charge is -2.42. The minimum atomic E-state index is -0.519. The number of hydrogen-bond donors (Lipinski definition) is 1. The molecule has 0 saturated carbocycles. The molecule has 0 radical (unpaired) electrons. The van der Waals surface area contributed by atoms with Gasteiger partial charge in [-0.25, -0.2) is 9.18 Å². The van der Waals surface area contributed by atoms with Crippen LogP contribution in [-0.2, 0) is 9.47 Å². The minimum absolute atomic E-state index is 0.0701. The minimum Gasteiger partial charge on any atom is -0.444 e. The average Bonchev–Trinajstić information content (AvgIpc) is 2.92. The molecule has 0 bridgehead atoms. The number of nitrogens with one attached hydrogen (secondary N) is 1. The first-order valence-electron chi connectivity index (χ1n) is 8.40. The van der Waals surface area contributed by atoms with Crippen LogP contribution in [-0.4, -0.2) is 48.4 Å². The molecule has 2 aliphatic rings. The number of ether oxygens (including phenoxy) is 2. The van der Waals surface area contributed by atoms with E-state index in [0.717, 1.165) is 18.5 Å². The molecular formula is C18H25FN2O3. The van der Waals surface area contributed by atoms with Crippen molar-refractivity contribution >= 4 is 6.09 Å². The van der Waals surface area contributed by atoms with Gasteiger partial charge in [-0.3, -0.25) is 0 Å². The summed E-state index contributed by atoms with van der Waals surface area (Å²) in [5.41, 5.74) is -0.0379. The number of nitrogens with zero attached hydrogens (tertiary/aromatic N) is 1. The van der Waals surface area contributed by atoms with Crippen LogP contribution in [0.1, 0.15) is 38.8 Å². The van der Waals surface area contributed by atoms with Crippen LogP contribution in [0.2, 0.25) is 0 Å². The summed E-state index contributed by atoms with van der Waals surface area (Å²) in [6.07, 6.45) is 0.410. The fourth-order valence-corrected chi connectivity index (χ4v) is 3.44. The third-order valence-electron chi connectivity index (χ3n) is 4.48. The lowest BCUT2D eigenvalue weighted by atomic mass is 9.86. The van der Waals surface area contributed by atoms with E-state index in [9.17, 15) is 9.18 Å². The molecule has 0 aliphatic carbocycles. The van der Waals surface area contributed by atoms with Crippen molar-refractivity contribution in [3.05, 3.63) is 35.6 Å². The van der Waals surface area contributed by atoms with Crippen LogP contribution in [0, 0.1) is 5.82 Å². The normalized spacial score (nSPS) is 27.5. The summed E-state index contributed by atoms with van der Waals surface area (Å²) in [6, 6.07) is 6.40. The van der Waals surface area contributed by atoms with E-state index in [-0.39, 0.29) is 18.0 Å². The van der Waals surface area contributed by atoms with Gasteiger partial charge in [0, 0.05) is 13.1 Å². The molecular weight excluding hydrogens is 311 g/mol. The van der Waals surface area contributed by atoms with Gasteiger partial charge in [-0.05, 0) is 44.9 Å². The molecule has 2 fully saturated rings. The first-order valence-corrected chi connectivity index (χ1v) is 8.40. The van der Waals surface area contributed by atoms with E-state index < -0.39 is 11.2 Å². The van der Waals surface area contributed by atoms with Crippen molar-refractivity contribution < 1.29 is 18.7 Å². The molecule has 24 heavy (non-hydrogen) atoms. The van der Waals surface area contributed by atoms with Crippen LogP contribution >= 0.6 is 0 Å². The number of halogens is 1. The topological polar surface area (TPSA) is 50.8 Å².